The first-order valence-corrected chi connectivity index (χ1v) is 7.20. The standard InChI is InChI=1S/C15H20ClN3O/c1-3-6-19-10-14(9-18-19)20-15-8-13(16)5-4-12(15)7-11(2)17/h4-5,8-11H,3,6-7,17H2,1-2H3. The van der Waals surface area contributed by atoms with E-state index in [0.717, 1.165) is 30.7 Å². The molecule has 5 heteroatoms. The maximum Gasteiger partial charge on any atom is 0.165 e. The van der Waals surface area contributed by atoms with Crippen LogP contribution in [0.1, 0.15) is 25.8 Å². The van der Waals surface area contributed by atoms with Crippen molar-refractivity contribution >= 4 is 11.6 Å². The van der Waals surface area contributed by atoms with Crippen molar-refractivity contribution in [1.82, 2.24) is 9.78 Å². The van der Waals surface area contributed by atoms with Crippen molar-refractivity contribution in [3.05, 3.63) is 41.2 Å². The van der Waals surface area contributed by atoms with Crippen LogP contribution in [0, 0.1) is 0 Å². The summed E-state index contributed by atoms with van der Waals surface area (Å²) in [7, 11) is 0. The van der Waals surface area contributed by atoms with Gasteiger partial charge in [-0.25, -0.2) is 0 Å². The summed E-state index contributed by atoms with van der Waals surface area (Å²) in [5.41, 5.74) is 6.91. The number of halogens is 1. The molecule has 108 valence electrons. The molecule has 20 heavy (non-hydrogen) atoms. The van der Waals surface area contributed by atoms with Gasteiger partial charge in [-0.05, 0) is 37.5 Å². The van der Waals surface area contributed by atoms with Crippen LogP contribution in [0.4, 0.5) is 0 Å². The monoisotopic (exact) mass is 293 g/mol. The molecule has 2 aromatic rings. The molecule has 2 rings (SSSR count). The largest absolute Gasteiger partial charge is 0.454 e. The van der Waals surface area contributed by atoms with E-state index in [4.69, 9.17) is 22.1 Å². The van der Waals surface area contributed by atoms with E-state index in [1.54, 1.807) is 6.20 Å². The number of ether oxygens (including phenoxy) is 1. The maximum atomic E-state index is 6.04. The molecule has 1 heterocycles. The number of aromatic nitrogens is 2. The third-order valence-electron chi connectivity index (χ3n) is 2.86. The van der Waals surface area contributed by atoms with Crippen molar-refractivity contribution in [3.63, 3.8) is 0 Å². The Morgan fingerprint density at radius 3 is 2.95 bits per heavy atom. The van der Waals surface area contributed by atoms with Gasteiger partial charge in [0.25, 0.3) is 0 Å². The number of rotatable bonds is 6. The molecule has 0 aliphatic carbocycles. The first kappa shape index (κ1) is 14.9. The van der Waals surface area contributed by atoms with Crippen LogP contribution in [0.2, 0.25) is 5.02 Å². The molecule has 0 spiro atoms. The fraction of sp³-hybridized carbons (Fsp3) is 0.400. The van der Waals surface area contributed by atoms with Crippen molar-refractivity contribution in [2.24, 2.45) is 5.73 Å². The molecule has 0 bridgehead atoms. The van der Waals surface area contributed by atoms with Gasteiger partial charge < -0.3 is 10.5 Å². The molecule has 1 atom stereocenters. The quantitative estimate of drug-likeness (QED) is 0.885. The summed E-state index contributed by atoms with van der Waals surface area (Å²) in [6.07, 6.45) is 5.39. The van der Waals surface area contributed by atoms with Crippen LogP contribution in [-0.4, -0.2) is 15.8 Å². The molecule has 0 aliphatic rings. The van der Waals surface area contributed by atoms with E-state index in [1.807, 2.05) is 36.0 Å². The summed E-state index contributed by atoms with van der Waals surface area (Å²) in [4.78, 5) is 0. The first-order valence-electron chi connectivity index (χ1n) is 6.82. The van der Waals surface area contributed by atoms with Crippen LogP contribution >= 0.6 is 11.6 Å². The second-order valence-corrected chi connectivity index (χ2v) is 5.41. The Labute approximate surface area is 124 Å². The van der Waals surface area contributed by atoms with E-state index in [2.05, 4.69) is 12.0 Å². The van der Waals surface area contributed by atoms with Gasteiger partial charge in [-0.1, -0.05) is 24.6 Å². The van der Waals surface area contributed by atoms with E-state index >= 15 is 0 Å². The highest BCUT2D eigenvalue weighted by Gasteiger charge is 2.09. The molecule has 0 fully saturated rings. The molecule has 4 nitrogen and oxygen atoms in total. The van der Waals surface area contributed by atoms with Gasteiger partial charge in [0.2, 0.25) is 0 Å². The molecule has 0 amide bonds. The maximum absolute atomic E-state index is 6.04. The predicted molar refractivity (Wildman–Crippen MR) is 81.4 cm³/mol. The zero-order valence-electron chi connectivity index (χ0n) is 11.8. The number of nitrogens with two attached hydrogens (primary N) is 1. The Morgan fingerprint density at radius 1 is 1.45 bits per heavy atom. The van der Waals surface area contributed by atoms with Crippen LogP contribution in [-0.2, 0) is 13.0 Å². The molecule has 1 aromatic carbocycles. The number of aryl methyl sites for hydroxylation is 1. The second-order valence-electron chi connectivity index (χ2n) is 4.97. The highest BCUT2D eigenvalue weighted by molar-refractivity contribution is 6.30. The average molecular weight is 294 g/mol. The molecule has 1 aromatic heterocycles. The molecule has 0 saturated carbocycles. The first-order chi connectivity index (χ1) is 9.58. The molecule has 2 N–H and O–H groups in total. The SMILES string of the molecule is CCCn1cc(Oc2cc(Cl)ccc2CC(C)N)cn1. The fourth-order valence-electron chi connectivity index (χ4n) is 2.01. The van der Waals surface area contributed by atoms with Crippen molar-refractivity contribution in [2.45, 2.75) is 39.3 Å². The fourth-order valence-corrected chi connectivity index (χ4v) is 2.18. The number of nitrogens with zero attached hydrogens (tertiary/aromatic N) is 2. The Hall–Kier alpha value is -1.52. The zero-order valence-corrected chi connectivity index (χ0v) is 12.6. The minimum atomic E-state index is 0.0707. The number of hydrogen-bond acceptors (Lipinski definition) is 3. The minimum Gasteiger partial charge on any atom is -0.454 e. The van der Waals surface area contributed by atoms with E-state index in [1.165, 1.54) is 0 Å². The molecule has 0 saturated heterocycles. The van der Waals surface area contributed by atoms with Crippen LogP contribution < -0.4 is 10.5 Å². The van der Waals surface area contributed by atoms with Gasteiger partial charge in [0.15, 0.2) is 5.75 Å². The van der Waals surface area contributed by atoms with E-state index in [-0.39, 0.29) is 6.04 Å². The third-order valence-corrected chi connectivity index (χ3v) is 3.10. The van der Waals surface area contributed by atoms with E-state index in [9.17, 15) is 0 Å². The van der Waals surface area contributed by atoms with Crippen molar-refractivity contribution in [2.75, 3.05) is 0 Å². The highest BCUT2D eigenvalue weighted by atomic mass is 35.5. The lowest BCUT2D eigenvalue weighted by atomic mass is 10.1. The lowest BCUT2D eigenvalue weighted by Gasteiger charge is -2.12. The molecule has 1 unspecified atom stereocenters. The highest BCUT2D eigenvalue weighted by Crippen LogP contribution is 2.29. The summed E-state index contributed by atoms with van der Waals surface area (Å²) < 4.78 is 7.76. The average Bonchev–Trinajstić information content (AvgIpc) is 2.80. The van der Waals surface area contributed by atoms with Crippen LogP contribution in [0.3, 0.4) is 0 Å². The van der Waals surface area contributed by atoms with Gasteiger partial charge in [-0.3, -0.25) is 4.68 Å². The van der Waals surface area contributed by atoms with E-state index < -0.39 is 0 Å². The number of hydrogen-bond donors (Lipinski definition) is 1. The lowest BCUT2D eigenvalue weighted by Crippen LogP contribution is -2.18. The topological polar surface area (TPSA) is 53.1 Å². The molecule has 0 radical (unpaired) electrons. The van der Waals surface area contributed by atoms with Crippen LogP contribution in [0.25, 0.3) is 0 Å². The summed E-state index contributed by atoms with van der Waals surface area (Å²) in [6, 6.07) is 5.70. The summed E-state index contributed by atoms with van der Waals surface area (Å²) in [5.74, 6) is 1.46. The Balaban J connectivity index is 2.19. The van der Waals surface area contributed by atoms with Crippen molar-refractivity contribution < 1.29 is 4.74 Å². The van der Waals surface area contributed by atoms with Gasteiger partial charge >= 0.3 is 0 Å². The van der Waals surface area contributed by atoms with Gasteiger partial charge in [0, 0.05) is 17.6 Å². The van der Waals surface area contributed by atoms with Crippen LogP contribution in [0.5, 0.6) is 11.5 Å². The van der Waals surface area contributed by atoms with Gasteiger partial charge in [-0.15, -0.1) is 0 Å². The van der Waals surface area contributed by atoms with Crippen molar-refractivity contribution in [1.29, 1.82) is 0 Å². The van der Waals surface area contributed by atoms with Gasteiger partial charge in [0.1, 0.15) is 5.75 Å². The summed E-state index contributed by atoms with van der Waals surface area (Å²) in [5, 5.41) is 4.90. The van der Waals surface area contributed by atoms with Crippen LogP contribution in [0.15, 0.2) is 30.6 Å². The Bertz CT molecular complexity index is 566. The third kappa shape index (κ3) is 3.99. The molecule has 0 aliphatic heterocycles. The molecular weight excluding hydrogens is 274 g/mol. The van der Waals surface area contributed by atoms with Gasteiger partial charge in [0.05, 0.1) is 12.4 Å². The van der Waals surface area contributed by atoms with E-state index in [0.29, 0.717) is 10.8 Å². The van der Waals surface area contributed by atoms with Crippen molar-refractivity contribution in [3.8, 4) is 11.5 Å². The Morgan fingerprint density at radius 2 is 2.25 bits per heavy atom. The predicted octanol–water partition coefficient (Wildman–Crippen LogP) is 3.63. The lowest BCUT2D eigenvalue weighted by molar-refractivity contribution is 0.472. The Kier molecular flexibility index (Phi) is 5.04. The smallest absolute Gasteiger partial charge is 0.165 e. The summed E-state index contributed by atoms with van der Waals surface area (Å²) >= 11 is 6.04. The summed E-state index contributed by atoms with van der Waals surface area (Å²) in [6.45, 7) is 4.96. The molecular formula is C15H20ClN3O. The second kappa shape index (κ2) is 6.77. The zero-order chi connectivity index (χ0) is 14.5. The number of benzene rings is 1. The normalized spacial score (nSPS) is 12.4. The van der Waals surface area contributed by atoms with Gasteiger partial charge in [-0.2, -0.15) is 5.10 Å². The minimum absolute atomic E-state index is 0.0707.